The number of nitrogens with zero attached hydrogens (tertiary/aromatic N) is 1. The van der Waals surface area contributed by atoms with Crippen LogP contribution in [0.5, 0.6) is 0 Å². The van der Waals surface area contributed by atoms with E-state index in [0.29, 0.717) is 15.3 Å². The topological polar surface area (TPSA) is 42.0 Å². The molecule has 122 valence electrons. The molecule has 3 rings (SSSR count). The van der Waals surface area contributed by atoms with Crippen molar-refractivity contribution in [2.45, 2.75) is 6.92 Å². The highest BCUT2D eigenvalue weighted by molar-refractivity contribution is 9.10. The number of halogens is 3. The van der Waals surface area contributed by atoms with E-state index in [-0.39, 0.29) is 11.4 Å². The maximum absolute atomic E-state index is 13.8. The Morgan fingerprint density at radius 1 is 1.17 bits per heavy atom. The van der Waals surface area contributed by atoms with E-state index in [4.69, 9.17) is 0 Å². The Bertz CT molecular complexity index is 909. The minimum atomic E-state index is -0.609. The lowest BCUT2D eigenvalue weighted by Crippen LogP contribution is -2.13. The number of aryl methyl sites for hydroxylation is 1. The number of anilines is 1. The predicted molar refractivity (Wildman–Crippen MR) is 94.3 cm³/mol. The van der Waals surface area contributed by atoms with Crippen LogP contribution in [0.3, 0.4) is 0 Å². The number of carbonyl (C=O) groups excluding carboxylic acids is 1. The molecule has 0 saturated carbocycles. The number of carbonyl (C=O) groups is 1. The van der Waals surface area contributed by atoms with Gasteiger partial charge < -0.3 is 0 Å². The van der Waals surface area contributed by atoms with E-state index >= 15 is 0 Å². The van der Waals surface area contributed by atoms with Crippen molar-refractivity contribution in [1.29, 1.82) is 0 Å². The largest absolute Gasteiger partial charge is 0.298 e. The van der Waals surface area contributed by atoms with E-state index in [2.05, 4.69) is 26.2 Å². The first kappa shape index (κ1) is 16.7. The molecule has 0 aliphatic carbocycles. The maximum atomic E-state index is 13.8. The Kier molecular flexibility index (Phi) is 4.73. The molecule has 3 nitrogen and oxygen atoms in total. The van der Waals surface area contributed by atoms with E-state index in [1.165, 1.54) is 41.7 Å². The highest BCUT2D eigenvalue weighted by Gasteiger charge is 2.16. The molecule has 0 bridgehead atoms. The number of hydrogen-bond donors (Lipinski definition) is 1. The summed E-state index contributed by atoms with van der Waals surface area (Å²) in [5, 5.41) is 2.96. The molecule has 0 aliphatic heterocycles. The van der Waals surface area contributed by atoms with Gasteiger partial charge in [-0.15, -0.1) is 11.3 Å². The van der Waals surface area contributed by atoms with Gasteiger partial charge in [0.2, 0.25) is 0 Å². The van der Waals surface area contributed by atoms with Crippen LogP contribution in [0.1, 0.15) is 15.2 Å². The van der Waals surface area contributed by atoms with Crippen LogP contribution in [0.25, 0.3) is 11.3 Å². The van der Waals surface area contributed by atoms with E-state index in [1.807, 2.05) is 6.92 Å². The summed E-state index contributed by atoms with van der Waals surface area (Å²) in [5.41, 5.74) is 1.34. The summed E-state index contributed by atoms with van der Waals surface area (Å²) in [6.07, 6.45) is 0. The lowest BCUT2D eigenvalue weighted by atomic mass is 10.1. The molecular weight excluding hydrogens is 398 g/mol. The maximum Gasteiger partial charge on any atom is 0.260 e. The summed E-state index contributed by atoms with van der Waals surface area (Å²) in [6, 6.07) is 10.1. The highest BCUT2D eigenvalue weighted by atomic mass is 79.9. The van der Waals surface area contributed by atoms with Crippen LogP contribution in [0, 0.1) is 18.6 Å². The van der Waals surface area contributed by atoms with Crippen LogP contribution < -0.4 is 5.32 Å². The van der Waals surface area contributed by atoms with E-state index < -0.39 is 11.7 Å². The van der Waals surface area contributed by atoms with Gasteiger partial charge in [-0.3, -0.25) is 10.1 Å². The normalized spacial score (nSPS) is 10.7. The number of aromatic nitrogens is 1. The Morgan fingerprint density at radius 2 is 1.88 bits per heavy atom. The molecule has 0 aliphatic rings. The number of hydrogen-bond acceptors (Lipinski definition) is 3. The number of benzene rings is 2. The van der Waals surface area contributed by atoms with Crippen molar-refractivity contribution in [3.63, 3.8) is 0 Å². The Balaban J connectivity index is 1.86. The van der Waals surface area contributed by atoms with Gasteiger partial charge in [0.25, 0.3) is 5.91 Å². The molecule has 7 heteroatoms. The SMILES string of the molecule is Cc1sc(NC(=O)c2cc(Br)ccc2F)nc1-c1ccc(F)cc1. The third-order valence-corrected chi connectivity index (χ3v) is 4.69. The van der Waals surface area contributed by atoms with Gasteiger partial charge in [0.1, 0.15) is 11.6 Å². The second-order valence-corrected chi connectivity index (χ2v) is 7.13. The van der Waals surface area contributed by atoms with E-state index in [1.54, 1.807) is 12.1 Å². The van der Waals surface area contributed by atoms with Gasteiger partial charge in [-0.2, -0.15) is 0 Å². The van der Waals surface area contributed by atoms with Crippen LogP contribution in [0.15, 0.2) is 46.9 Å². The summed E-state index contributed by atoms with van der Waals surface area (Å²) in [5.74, 6) is -1.51. The fourth-order valence-corrected chi connectivity index (χ4v) is 3.35. The fraction of sp³-hybridized carbons (Fsp3) is 0.0588. The summed E-state index contributed by atoms with van der Waals surface area (Å²) < 4.78 is 27.4. The number of thiazole rings is 1. The molecule has 1 amide bonds. The quantitative estimate of drug-likeness (QED) is 0.629. The Morgan fingerprint density at radius 3 is 2.58 bits per heavy atom. The zero-order valence-corrected chi connectivity index (χ0v) is 14.8. The molecule has 1 aromatic heterocycles. The fourth-order valence-electron chi connectivity index (χ4n) is 2.16. The van der Waals surface area contributed by atoms with Gasteiger partial charge in [-0.25, -0.2) is 13.8 Å². The number of amides is 1. The second kappa shape index (κ2) is 6.78. The smallest absolute Gasteiger partial charge is 0.260 e. The van der Waals surface area contributed by atoms with Crippen molar-refractivity contribution in [3.8, 4) is 11.3 Å². The third-order valence-electron chi connectivity index (χ3n) is 3.31. The molecule has 0 unspecified atom stereocenters. The first-order chi connectivity index (χ1) is 11.4. The standard InChI is InChI=1S/C17H11BrF2N2OS/c1-9-15(10-2-5-12(19)6-3-10)21-17(24-9)22-16(23)13-8-11(18)4-7-14(13)20/h2-8H,1H3,(H,21,22,23). The second-order valence-electron chi connectivity index (χ2n) is 5.01. The molecule has 1 heterocycles. The van der Waals surface area contributed by atoms with Crippen molar-refractivity contribution < 1.29 is 13.6 Å². The lowest BCUT2D eigenvalue weighted by molar-refractivity contribution is 0.102. The van der Waals surface area contributed by atoms with Crippen molar-refractivity contribution in [2.75, 3.05) is 5.32 Å². The number of rotatable bonds is 3. The summed E-state index contributed by atoms with van der Waals surface area (Å²) in [6.45, 7) is 1.85. The van der Waals surface area contributed by atoms with E-state index in [0.717, 1.165) is 10.4 Å². The lowest BCUT2D eigenvalue weighted by Gasteiger charge is -2.03. The average molecular weight is 409 g/mol. The van der Waals surface area contributed by atoms with Crippen molar-refractivity contribution in [1.82, 2.24) is 4.98 Å². The molecule has 0 spiro atoms. The zero-order chi connectivity index (χ0) is 17.3. The average Bonchev–Trinajstić information content (AvgIpc) is 2.91. The first-order valence-corrected chi connectivity index (χ1v) is 8.55. The first-order valence-electron chi connectivity index (χ1n) is 6.94. The van der Waals surface area contributed by atoms with Crippen LogP contribution in [-0.4, -0.2) is 10.9 Å². The minimum Gasteiger partial charge on any atom is -0.298 e. The molecule has 0 atom stereocenters. The zero-order valence-electron chi connectivity index (χ0n) is 12.4. The molecule has 1 N–H and O–H groups in total. The third kappa shape index (κ3) is 3.52. The molecule has 3 aromatic rings. The minimum absolute atomic E-state index is 0.0689. The van der Waals surface area contributed by atoms with Crippen LogP contribution in [0.4, 0.5) is 13.9 Å². The van der Waals surface area contributed by atoms with Gasteiger partial charge in [0.05, 0.1) is 11.3 Å². The molecule has 0 saturated heterocycles. The monoisotopic (exact) mass is 408 g/mol. The summed E-state index contributed by atoms with van der Waals surface area (Å²) >= 11 is 4.49. The summed E-state index contributed by atoms with van der Waals surface area (Å²) in [4.78, 5) is 17.5. The Hall–Kier alpha value is -2.12. The van der Waals surface area contributed by atoms with Gasteiger partial charge in [0, 0.05) is 14.9 Å². The van der Waals surface area contributed by atoms with Gasteiger partial charge in [-0.1, -0.05) is 15.9 Å². The van der Waals surface area contributed by atoms with Crippen LogP contribution in [-0.2, 0) is 0 Å². The van der Waals surface area contributed by atoms with Crippen molar-refractivity contribution in [2.24, 2.45) is 0 Å². The summed E-state index contributed by atoms with van der Waals surface area (Å²) in [7, 11) is 0. The molecule has 24 heavy (non-hydrogen) atoms. The predicted octanol–water partition coefficient (Wildman–Crippen LogP) is 5.41. The molecule has 0 radical (unpaired) electrons. The molecule has 2 aromatic carbocycles. The van der Waals surface area contributed by atoms with Crippen molar-refractivity contribution in [3.05, 3.63) is 69.0 Å². The molecular formula is C17H11BrF2N2OS. The van der Waals surface area contributed by atoms with Gasteiger partial charge in [0.15, 0.2) is 5.13 Å². The van der Waals surface area contributed by atoms with Gasteiger partial charge in [-0.05, 0) is 49.4 Å². The Labute approximate surface area is 149 Å². The van der Waals surface area contributed by atoms with Crippen molar-refractivity contribution >= 4 is 38.3 Å². The molecule has 0 fully saturated rings. The van der Waals surface area contributed by atoms with Crippen LogP contribution >= 0.6 is 27.3 Å². The number of nitrogens with one attached hydrogen (secondary N) is 1. The highest BCUT2D eigenvalue weighted by Crippen LogP contribution is 2.31. The van der Waals surface area contributed by atoms with Crippen LogP contribution in [0.2, 0.25) is 0 Å². The van der Waals surface area contributed by atoms with Gasteiger partial charge >= 0.3 is 0 Å². The van der Waals surface area contributed by atoms with E-state index in [9.17, 15) is 13.6 Å².